The van der Waals surface area contributed by atoms with Gasteiger partial charge in [0.1, 0.15) is 6.10 Å². The third-order valence-electron chi connectivity index (χ3n) is 3.57. The van der Waals surface area contributed by atoms with Crippen LogP contribution in [0.1, 0.15) is 43.5 Å². The minimum Gasteiger partial charge on any atom is -0.481 e. The highest BCUT2D eigenvalue weighted by Gasteiger charge is 2.37. The van der Waals surface area contributed by atoms with Gasteiger partial charge in [-0.25, -0.2) is 4.98 Å². The average Bonchev–Trinajstić information content (AvgIpc) is 3.07. The van der Waals surface area contributed by atoms with Gasteiger partial charge in [-0.3, -0.25) is 4.79 Å². The van der Waals surface area contributed by atoms with E-state index in [1.807, 2.05) is 0 Å². The van der Waals surface area contributed by atoms with Crippen LogP contribution in [0.5, 0.6) is 0 Å². The van der Waals surface area contributed by atoms with Gasteiger partial charge in [-0.1, -0.05) is 0 Å². The van der Waals surface area contributed by atoms with Crippen molar-refractivity contribution in [3.63, 3.8) is 0 Å². The molecule has 1 aromatic heterocycles. The van der Waals surface area contributed by atoms with Gasteiger partial charge in [0.15, 0.2) is 0 Å². The third-order valence-corrected chi connectivity index (χ3v) is 3.57. The second kappa shape index (κ2) is 4.14. The Hall–Kier alpha value is -1.36. The number of carbonyl (C=O) groups is 1. The van der Waals surface area contributed by atoms with Crippen LogP contribution in [0.25, 0.3) is 0 Å². The van der Waals surface area contributed by atoms with Crippen LogP contribution in [0.2, 0.25) is 0 Å². The number of aromatic nitrogens is 2. The lowest BCUT2D eigenvalue weighted by Gasteiger charge is -2.29. The topological polar surface area (TPSA) is 64.3 Å². The predicted octanol–water partition coefficient (Wildman–Crippen LogP) is 1.77. The van der Waals surface area contributed by atoms with Gasteiger partial charge in [0.25, 0.3) is 0 Å². The summed E-state index contributed by atoms with van der Waals surface area (Å²) in [6.45, 7) is 0.643. The molecule has 17 heavy (non-hydrogen) atoms. The SMILES string of the molecule is O=C(O)C1CCCOC1c1cncn1C1CC1. The van der Waals surface area contributed by atoms with E-state index in [0.717, 1.165) is 25.0 Å². The molecule has 0 spiro atoms. The Balaban J connectivity index is 1.89. The maximum absolute atomic E-state index is 11.2. The molecule has 2 aliphatic rings. The molecule has 5 heteroatoms. The summed E-state index contributed by atoms with van der Waals surface area (Å²) < 4.78 is 7.76. The maximum Gasteiger partial charge on any atom is 0.309 e. The van der Waals surface area contributed by atoms with Crippen LogP contribution < -0.4 is 0 Å². The lowest BCUT2D eigenvalue weighted by atomic mass is 9.92. The van der Waals surface area contributed by atoms with Gasteiger partial charge in [-0.05, 0) is 25.7 Å². The first kappa shape index (κ1) is 10.8. The van der Waals surface area contributed by atoms with Crippen molar-refractivity contribution in [2.75, 3.05) is 6.61 Å². The molecule has 0 bridgehead atoms. The number of ether oxygens (including phenoxy) is 1. The molecule has 5 nitrogen and oxygen atoms in total. The van der Waals surface area contributed by atoms with Gasteiger partial charge in [0.05, 0.1) is 24.1 Å². The summed E-state index contributed by atoms with van der Waals surface area (Å²) in [5.74, 6) is -1.20. The van der Waals surface area contributed by atoms with Crippen LogP contribution in [0, 0.1) is 5.92 Å². The minimum atomic E-state index is -0.766. The number of aliphatic carboxylic acids is 1. The van der Waals surface area contributed by atoms with Crippen LogP contribution in [-0.2, 0) is 9.53 Å². The van der Waals surface area contributed by atoms with E-state index >= 15 is 0 Å². The fourth-order valence-corrected chi connectivity index (χ4v) is 2.52. The molecule has 0 amide bonds. The summed E-state index contributed by atoms with van der Waals surface area (Å²) in [6, 6.07) is 0.507. The lowest BCUT2D eigenvalue weighted by molar-refractivity contribution is -0.152. The molecule has 2 unspecified atom stereocenters. The molecule has 3 rings (SSSR count). The summed E-state index contributed by atoms with van der Waals surface area (Å²) in [5, 5.41) is 9.24. The summed E-state index contributed by atoms with van der Waals surface area (Å²) in [5.41, 5.74) is 0.930. The first-order valence-corrected chi connectivity index (χ1v) is 6.13. The number of carboxylic acids is 1. The lowest BCUT2D eigenvalue weighted by Crippen LogP contribution is -2.30. The Morgan fingerprint density at radius 2 is 2.29 bits per heavy atom. The molecule has 2 fully saturated rings. The monoisotopic (exact) mass is 236 g/mol. The van der Waals surface area contributed by atoms with Gasteiger partial charge in [-0.15, -0.1) is 0 Å². The van der Waals surface area contributed by atoms with Gasteiger partial charge >= 0.3 is 5.97 Å². The molecule has 92 valence electrons. The molecule has 1 saturated carbocycles. The molecule has 1 saturated heterocycles. The van der Waals surface area contributed by atoms with Crippen molar-refractivity contribution in [2.45, 2.75) is 37.8 Å². The van der Waals surface area contributed by atoms with Gasteiger partial charge in [-0.2, -0.15) is 0 Å². The maximum atomic E-state index is 11.2. The fourth-order valence-electron chi connectivity index (χ4n) is 2.52. The largest absolute Gasteiger partial charge is 0.481 e. The minimum absolute atomic E-state index is 0.329. The highest BCUT2D eigenvalue weighted by molar-refractivity contribution is 5.71. The zero-order valence-corrected chi connectivity index (χ0v) is 9.58. The average molecular weight is 236 g/mol. The van der Waals surface area contributed by atoms with Crippen LogP contribution in [0.3, 0.4) is 0 Å². The van der Waals surface area contributed by atoms with Crippen molar-refractivity contribution in [3.8, 4) is 0 Å². The highest BCUT2D eigenvalue weighted by atomic mass is 16.5. The van der Waals surface area contributed by atoms with Crippen molar-refractivity contribution in [2.24, 2.45) is 5.92 Å². The van der Waals surface area contributed by atoms with Crippen molar-refractivity contribution in [1.82, 2.24) is 9.55 Å². The van der Waals surface area contributed by atoms with Crippen LogP contribution >= 0.6 is 0 Å². The van der Waals surface area contributed by atoms with E-state index in [9.17, 15) is 9.90 Å². The highest BCUT2D eigenvalue weighted by Crippen LogP contribution is 2.40. The normalized spacial score (nSPS) is 29.2. The summed E-state index contributed by atoms with van der Waals surface area (Å²) >= 11 is 0. The Labute approximate surface area is 99.4 Å². The number of rotatable bonds is 3. The predicted molar refractivity (Wildman–Crippen MR) is 59.6 cm³/mol. The van der Waals surface area contributed by atoms with Crippen LogP contribution in [0.4, 0.5) is 0 Å². The van der Waals surface area contributed by atoms with Crippen molar-refractivity contribution in [1.29, 1.82) is 0 Å². The summed E-state index contributed by atoms with van der Waals surface area (Å²) in [7, 11) is 0. The van der Waals surface area contributed by atoms with E-state index in [2.05, 4.69) is 9.55 Å². The zero-order valence-electron chi connectivity index (χ0n) is 9.58. The summed E-state index contributed by atoms with van der Waals surface area (Å²) in [4.78, 5) is 15.4. The molecular formula is C12H16N2O3. The number of carboxylic acid groups (broad SMARTS) is 1. The zero-order chi connectivity index (χ0) is 11.8. The summed E-state index contributed by atoms with van der Waals surface area (Å²) in [6.07, 6.45) is 7.06. The fraction of sp³-hybridized carbons (Fsp3) is 0.667. The van der Waals surface area contributed by atoms with E-state index in [0.29, 0.717) is 19.1 Å². The number of imidazole rings is 1. The van der Waals surface area contributed by atoms with Crippen LogP contribution in [0.15, 0.2) is 12.5 Å². The Morgan fingerprint density at radius 3 is 3.00 bits per heavy atom. The standard InChI is InChI=1S/C12H16N2O3/c15-12(16)9-2-1-5-17-11(9)10-6-13-7-14(10)8-3-4-8/h6-9,11H,1-5H2,(H,15,16). The molecule has 2 heterocycles. The van der Waals surface area contributed by atoms with Gasteiger partial charge in [0, 0.05) is 12.6 Å². The molecule has 1 aliphatic carbocycles. The van der Waals surface area contributed by atoms with Crippen molar-refractivity contribution in [3.05, 3.63) is 18.2 Å². The number of hydrogen-bond acceptors (Lipinski definition) is 3. The van der Waals surface area contributed by atoms with E-state index < -0.39 is 11.9 Å². The van der Waals surface area contributed by atoms with Crippen LogP contribution in [-0.4, -0.2) is 27.2 Å². The number of nitrogens with zero attached hydrogens (tertiary/aromatic N) is 2. The molecule has 1 N–H and O–H groups in total. The molecular weight excluding hydrogens is 220 g/mol. The second-order valence-electron chi connectivity index (χ2n) is 4.84. The van der Waals surface area contributed by atoms with Crippen molar-refractivity contribution < 1.29 is 14.6 Å². The smallest absolute Gasteiger partial charge is 0.309 e. The van der Waals surface area contributed by atoms with Crippen molar-refractivity contribution >= 4 is 5.97 Å². The van der Waals surface area contributed by atoms with Gasteiger partial charge in [0.2, 0.25) is 0 Å². The molecule has 2 atom stereocenters. The van der Waals surface area contributed by atoms with Gasteiger partial charge < -0.3 is 14.4 Å². The Kier molecular flexibility index (Phi) is 2.63. The quantitative estimate of drug-likeness (QED) is 0.868. The molecule has 1 aromatic rings. The Morgan fingerprint density at radius 1 is 1.47 bits per heavy atom. The number of hydrogen-bond donors (Lipinski definition) is 1. The molecule has 0 aromatic carbocycles. The van der Waals surface area contributed by atoms with E-state index in [4.69, 9.17) is 4.74 Å². The van der Waals surface area contributed by atoms with E-state index in [1.165, 1.54) is 0 Å². The first-order valence-electron chi connectivity index (χ1n) is 6.13. The van der Waals surface area contributed by atoms with E-state index in [1.54, 1.807) is 12.5 Å². The first-order chi connectivity index (χ1) is 8.27. The third kappa shape index (κ3) is 1.95. The molecule has 1 aliphatic heterocycles. The second-order valence-corrected chi connectivity index (χ2v) is 4.84. The van der Waals surface area contributed by atoms with E-state index in [-0.39, 0.29) is 6.10 Å². The Bertz CT molecular complexity index is 425. The molecule has 0 radical (unpaired) electrons.